The molecule has 1 aliphatic rings. The molecule has 2 atom stereocenters. The van der Waals surface area contributed by atoms with Crippen LogP contribution in [-0.4, -0.2) is 39.8 Å². The molecule has 0 spiro atoms. The summed E-state index contributed by atoms with van der Waals surface area (Å²) in [6.45, 7) is 6.76. The van der Waals surface area contributed by atoms with Gasteiger partial charge in [0.1, 0.15) is 6.23 Å². The molecule has 0 radical (unpaired) electrons. The molecule has 1 heterocycles. The summed E-state index contributed by atoms with van der Waals surface area (Å²) >= 11 is 0. The van der Waals surface area contributed by atoms with Crippen molar-refractivity contribution in [2.45, 2.75) is 39.5 Å². The lowest BCUT2D eigenvalue weighted by Crippen LogP contribution is -2.49. The molecule has 1 amide bonds. The quantitative estimate of drug-likeness (QED) is 0.901. The molecule has 104 valence electrons. The lowest BCUT2D eigenvalue weighted by atomic mass is 10.1. The molecular weight excluding hydrogens is 240 g/mol. The predicted octanol–water partition coefficient (Wildman–Crippen LogP) is 1.65. The van der Waals surface area contributed by atoms with Gasteiger partial charge in [-0.25, -0.2) is 10.0 Å². The van der Waals surface area contributed by atoms with Gasteiger partial charge < -0.3 is 5.11 Å². The van der Waals surface area contributed by atoms with Crippen LogP contribution in [0.2, 0.25) is 0 Å². The number of benzene rings is 1. The van der Waals surface area contributed by atoms with Crippen LogP contribution in [0, 0.1) is 5.92 Å². The van der Waals surface area contributed by atoms with Crippen LogP contribution in [0.1, 0.15) is 26.3 Å². The Morgan fingerprint density at radius 3 is 2.58 bits per heavy atom. The fraction of sp³-hybridized carbons (Fsp3) is 0.533. The summed E-state index contributed by atoms with van der Waals surface area (Å²) in [4.78, 5) is 12.4. The van der Waals surface area contributed by atoms with Gasteiger partial charge in [-0.15, -0.1) is 0 Å². The molecule has 0 unspecified atom stereocenters. The number of nitrogens with zero attached hydrogens (tertiary/aromatic N) is 2. The van der Waals surface area contributed by atoms with Crippen LogP contribution in [0.15, 0.2) is 30.3 Å². The van der Waals surface area contributed by atoms with Gasteiger partial charge in [-0.3, -0.25) is 4.79 Å². The van der Waals surface area contributed by atoms with Crippen molar-refractivity contribution in [3.8, 4) is 0 Å². The summed E-state index contributed by atoms with van der Waals surface area (Å²) in [5, 5.41) is 13.7. The molecule has 1 aliphatic heterocycles. The second kappa shape index (κ2) is 5.72. The molecule has 1 N–H and O–H groups in total. The minimum Gasteiger partial charge on any atom is -0.372 e. The SMILES string of the molecule is CC(C)N1C[C@H](C)[C@@H](O)N1C(=O)Cc1ccccc1. The number of aliphatic hydroxyl groups is 1. The van der Waals surface area contributed by atoms with E-state index in [2.05, 4.69) is 0 Å². The highest BCUT2D eigenvalue weighted by molar-refractivity contribution is 5.78. The molecule has 1 saturated heterocycles. The van der Waals surface area contributed by atoms with Crippen molar-refractivity contribution in [1.29, 1.82) is 0 Å². The Kier molecular flexibility index (Phi) is 4.22. The van der Waals surface area contributed by atoms with Crippen molar-refractivity contribution in [2.24, 2.45) is 5.92 Å². The standard InChI is InChI=1S/C15H22N2O2/c1-11(2)16-10-12(3)15(19)17(16)14(18)9-13-7-5-4-6-8-13/h4-8,11-12,15,19H,9-10H2,1-3H3/t12-,15+/m0/s1. The Morgan fingerprint density at radius 2 is 2.00 bits per heavy atom. The molecule has 4 nitrogen and oxygen atoms in total. The average molecular weight is 262 g/mol. The van der Waals surface area contributed by atoms with Gasteiger partial charge in [0.15, 0.2) is 0 Å². The van der Waals surface area contributed by atoms with E-state index in [1.54, 1.807) is 0 Å². The van der Waals surface area contributed by atoms with Gasteiger partial charge in [0.05, 0.1) is 6.42 Å². The van der Waals surface area contributed by atoms with Gasteiger partial charge in [-0.05, 0) is 19.4 Å². The lowest BCUT2D eigenvalue weighted by molar-refractivity contribution is -0.164. The highest BCUT2D eigenvalue weighted by Gasteiger charge is 2.40. The Bertz CT molecular complexity index is 433. The highest BCUT2D eigenvalue weighted by Crippen LogP contribution is 2.25. The molecule has 1 aromatic rings. The molecule has 0 aromatic heterocycles. The van der Waals surface area contributed by atoms with Crippen molar-refractivity contribution < 1.29 is 9.90 Å². The van der Waals surface area contributed by atoms with Crippen molar-refractivity contribution in [2.75, 3.05) is 6.54 Å². The molecule has 19 heavy (non-hydrogen) atoms. The van der Waals surface area contributed by atoms with Crippen molar-refractivity contribution in [3.05, 3.63) is 35.9 Å². The average Bonchev–Trinajstić information content (AvgIpc) is 2.67. The van der Waals surface area contributed by atoms with Gasteiger partial charge in [0.25, 0.3) is 0 Å². The maximum Gasteiger partial charge on any atom is 0.243 e. The van der Waals surface area contributed by atoms with Gasteiger partial charge >= 0.3 is 0 Å². The van der Waals surface area contributed by atoms with E-state index in [0.29, 0.717) is 6.42 Å². The molecule has 0 bridgehead atoms. The molecule has 4 heteroatoms. The first-order chi connectivity index (χ1) is 9.00. The molecule has 0 aliphatic carbocycles. The monoisotopic (exact) mass is 262 g/mol. The smallest absolute Gasteiger partial charge is 0.243 e. The van der Waals surface area contributed by atoms with Crippen LogP contribution in [0.25, 0.3) is 0 Å². The van der Waals surface area contributed by atoms with E-state index >= 15 is 0 Å². The third kappa shape index (κ3) is 2.96. The lowest BCUT2D eigenvalue weighted by Gasteiger charge is -2.33. The number of hydrazine groups is 1. The van der Waals surface area contributed by atoms with E-state index in [1.165, 1.54) is 5.01 Å². The third-order valence-electron chi connectivity index (χ3n) is 3.56. The minimum atomic E-state index is -0.710. The summed E-state index contributed by atoms with van der Waals surface area (Å²) in [5.41, 5.74) is 0.975. The molecule has 1 fully saturated rings. The summed E-state index contributed by atoms with van der Waals surface area (Å²) in [6, 6.07) is 9.85. The number of hydrogen-bond acceptors (Lipinski definition) is 3. The molecule has 1 aromatic carbocycles. The van der Waals surface area contributed by atoms with Gasteiger partial charge in [0, 0.05) is 18.5 Å². The van der Waals surface area contributed by atoms with Crippen molar-refractivity contribution in [3.63, 3.8) is 0 Å². The molecule has 0 saturated carbocycles. The van der Waals surface area contributed by atoms with E-state index in [9.17, 15) is 9.90 Å². The topological polar surface area (TPSA) is 43.8 Å². The number of rotatable bonds is 3. The highest BCUT2D eigenvalue weighted by atomic mass is 16.3. The van der Waals surface area contributed by atoms with Crippen LogP contribution >= 0.6 is 0 Å². The van der Waals surface area contributed by atoms with Crippen molar-refractivity contribution >= 4 is 5.91 Å². The van der Waals surface area contributed by atoms with Crippen LogP contribution in [0.3, 0.4) is 0 Å². The number of aliphatic hydroxyl groups excluding tert-OH is 1. The number of hydrogen-bond donors (Lipinski definition) is 1. The second-order valence-electron chi connectivity index (χ2n) is 5.51. The van der Waals surface area contributed by atoms with E-state index in [-0.39, 0.29) is 17.9 Å². The summed E-state index contributed by atoms with van der Waals surface area (Å²) in [7, 11) is 0. The van der Waals surface area contributed by atoms with E-state index in [1.807, 2.05) is 56.1 Å². The maximum absolute atomic E-state index is 12.4. The van der Waals surface area contributed by atoms with Crippen molar-refractivity contribution in [1.82, 2.24) is 10.0 Å². The largest absolute Gasteiger partial charge is 0.372 e. The Morgan fingerprint density at radius 1 is 1.37 bits per heavy atom. The van der Waals surface area contributed by atoms with Gasteiger partial charge in [-0.2, -0.15) is 0 Å². The normalized spacial score (nSPS) is 24.2. The van der Waals surface area contributed by atoms with E-state index in [0.717, 1.165) is 12.1 Å². The molecular formula is C15H22N2O2. The molecule has 2 rings (SSSR count). The van der Waals surface area contributed by atoms with Crippen LogP contribution in [-0.2, 0) is 11.2 Å². The van der Waals surface area contributed by atoms with E-state index in [4.69, 9.17) is 0 Å². The Hall–Kier alpha value is -1.39. The second-order valence-corrected chi connectivity index (χ2v) is 5.51. The summed E-state index contributed by atoms with van der Waals surface area (Å²) < 4.78 is 0. The zero-order chi connectivity index (χ0) is 14.0. The maximum atomic E-state index is 12.4. The number of amides is 1. The first-order valence-electron chi connectivity index (χ1n) is 6.81. The van der Waals surface area contributed by atoms with Gasteiger partial charge in [0.2, 0.25) is 5.91 Å². The first kappa shape index (κ1) is 14.0. The van der Waals surface area contributed by atoms with Crippen LogP contribution in [0.4, 0.5) is 0 Å². The Labute approximate surface area is 114 Å². The first-order valence-corrected chi connectivity index (χ1v) is 6.81. The zero-order valence-electron chi connectivity index (χ0n) is 11.8. The van der Waals surface area contributed by atoms with Gasteiger partial charge in [-0.1, -0.05) is 37.3 Å². The summed E-state index contributed by atoms with van der Waals surface area (Å²) in [5.74, 6) is 0.0406. The fourth-order valence-corrected chi connectivity index (χ4v) is 2.47. The zero-order valence-corrected chi connectivity index (χ0v) is 11.8. The van der Waals surface area contributed by atoms with Crippen LogP contribution in [0.5, 0.6) is 0 Å². The third-order valence-corrected chi connectivity index (χ3v) is 3.56. The Balaban J connectivity index is 2.12. The predicted molar refractivity (Wildman–Crippen MR) is 74.0 cm³/mol. The fourth-order valence-electron chi connectivity index (χ4n) is 2.47. The minimum absolute atomic E-state index is 0.0447. The van der Waals surface area contributed by atoms with E-state index < -0.39 is 6.23 Å². The number of carbonyl (C=O) groups is 1. The number of carbonyl (C=O) groups excluding carboxylic acids is 1. The summed E-state index contributed by atoms with van der Waals surface area (Å²) in [6.07, 6.45) is -0.382. The van der Waals surface area contributed by atoms with Crippen LogP contribution < -0.4 is 0 Å².